The van der Waals surface area contributed by atoms with Gasteiger partial charge in [-0.05, 0) is 25.7 Å². The number of amides is 1. The molecule has 4 bridgehead atoms. The van der Waals surface area contributed by atoms with E-state index in [4.69, 9.17) is 5.11 Å². The van der Waals surface area contributed by atoms with Crippen LogP contribution in [0.2, 0.25) is 0 Å². The molecule has 3 aliphatic heterocycles. The highest BCUT2D eigenvalue weighted by atomic mass is 16.4. The Labute approximate surface area is 76.9 Å². The molecule has 4 heteroatoms. The Morgan fingerprint density at radius 1 is 1.15 bits per heavy atom. The number of nitrogens with zero attached hydrogens (tertiary/aromatic N) is 1. The van der Waals surface area contributed by atoms with Gasteiger partial charge in [-0.25, -0.2) is 4.79 Å². The van der Waals surface area contributed by atoms with Crippen LogP contribution in [0.3, 0.4) is 0 Å². The van der Waals surface area contributed by atoms with Gasteiger partial charge < -0.3 is 10.4 Å². The fourth-order valence-corrected chi connectivity index (χ4v) is 3.35. The minimum atomic E-state index is -0.717. The Morgan fingerprint density at radius 3 is 2.15 bits per heavy atom. The van der Waals surface area contributed by atoms with Crippen molar-refractivity contribution in [3.05, 3.63) is 0 Å². The molecule has 0 radical (unpaired) electrons. The Morgan fingerprint density at radius 2 is 1.69 bits per heavy atom. The first-order valence-corrected chi connectivity index (χ1v) is 5.04. The molecule has 0 aromatic heterocycles. The van der Waals surface area contributed by atoms with E-state index in [1.165, 1.54) is 0 Å². The molecule has 0 aliphatic carbocycles. The smallest absolute Gasteiger partial charge is 0.407 e. The lowest BCUT2D eigenvalue weighted by Gasteiger charge is -2.38. The van der Waals surface area contributed by atoms with Crippen LogP contribution in [0.25, 0.3) is 0 Å². The summed E-state index contributed by atoms with van der Waals surface area (Å²) < 4.78 is 0. The summed E-state index contributed by atoms with van der Waals surface area (Å²) >= 11 is 0. The number of carboxylic acid groups (broad SMARTS) is 1. The summed E-state index contributed by atoms with van der Waals surface area (Å²) in [5.74, 6) is 0. The lowest BCUT2D eigenvalue weighted by molar-refractivity contribution is 0.0890. The Balaban J connectivity index is 1.95. The van der Waals surface area contributed by atoms with Crippen LogP contribution in [0, 0.1) is 0 Å². The first-order chi connectivity index (χ1) is 6.27. The number of piperazine rings is 1. The van der Waals surface area contributed by atoms with Crippen LogP contribution in [0.4, 0.5) is 4.79 Å². The third kappa shape index (κ3) is 0.866. The van der Waals surface area contributed by atoms with Crippen molar-refractivity contribution in [2.45, 2.75) is 49.9 Å². The summed E-state index contributed by atoms with van der Waals surface area (Å²) in [6.07, 6.45) is 3.73. The van der Waals surface area contributed by atoms with Crippen molar-refractivity contribution < 1.29 is 9.90 Å². The highest BCUT2D eigenvalue weighted by Gasteiger charge is 2.52. The molecule has 13 heavy (non-hydrogen) atoms. The maximum Gasteiger partial charge on any atom is 0.407 e. The number of rotatable bonds is 0. The lowest BCUT2D eigenvalue weighted by Crippen LogP contribution is -2.59. The number of nitrogens with one attached hydrogen (secondary N) is 1. The van der Waals surface area contributed by atoms with E-state index in [9.17, 15) is 4.79 Å². The molecule has 0 spiro atoms. The summed E-state index contributed by atoms with van der Waals surface area (Å²) in [5, 5.41) is 12.6. The average Bonchev–Trinajstić information content (AvgIpc) is 2.57. The molecular formula is C9H14N2O2. The van der Waals surface area contributed by atoms with Crippen molar-refractivity contribution in [1.82, 2.24) is 10.2 Å². The van der Waals surface area contributed by atoms with Crippen molar-refractivity contribution in [3.63, 3.8) is 0 Å². The topological polar surface area (TPSA) is 52.6 Å². The molecule has 4 nitrogen and oxygen atoms in total. The maximum absolute atomic E-state index is 11.0. The molecule has 3 saturated heterocycles. The number of hydrogen-bond acceptors (Lipinski definition) is 2. The molecule has 3 rings (SSSR count). The molecule has 3 heterocycles. The molecule has 0 aromatic carbocycles. The van der Waals surface area contributed by atoms with Gasteiger partial charge in [0.05, 0.1) is 12.1 Å². The Bertz CT molecular complexity index is 238. The first kappa shape index (κ1) is 7.62. The zero-order chi connectivity index (χ0) is 9.00. The van der Waals surface area contributed by atoms with Crippen LogP contribution in [0.1, 0.15) is 25.7 Å². The number of hydrogen-bond donors (Lipinski definition) is 2. The van der Waals surface area contributed by atoms with E-state index in [0.29, 0.717) is 12.1 Å². The highest BCUT2D eigenvalue weighted by molar-refractivity contribution is 5.67. The van der Waals surface area contributed by atoms with E-state index in [1.54, 1.807) is 4.90 Å². The van der Waals surface area contributed by atoms with Gasteiger partial charge >= 0.3 is 6.09 Å². The second-order valence-electron chi connectivity index (χ2n) is 4.36. The second-order valence-corrected chi connectivity index (χ2v) is 4.36. The summed E-state index contributed by atoms with van der Waals surface area (Å²) in [6.45, 7) is 0. The third-order valence-corrected chi connectivity index (χ3v) is 3.84. The second kappa shape index (κ2) is 2.38. The monoisotopic (exact) mass is 182 g/mol. The summed E-state index contributed by atoms with van der Waals surface area (Å²) in [6, 6.07) is 1.42. The van der Waals surface area contributed by atoms with Crippen molar-refractivity contribution in [2.24, 2.45) is 0 Å². The summed E-state index contributed by atoms with van der Waals surface area (Å²) in [7, 11) is 0. The van der Waals surface area contributed by atoms with Gasteiger partial charge in [0.25, 0.3) is 0 Å². The van der Waals surface area contributed by atoms with Gasteiger partial charge in [0, 0.05) is 12.1 Å². The third-order valence-electron chi connectivity index (χ3n) is 3.84. The lowest BCUT2D eigenvalue weighted by atomic mass is 10.0. The van der Waals surface area contributed by atoms with Crippen molar-refractivity contribution in [3.8, 4) is 0 Å². The van der Waals surface area contributed by atoms with E-state index in [1.807, 2.05) is 0 Å². The molecule has 1 amide bonds. The number of carbonyl (C=O) groups is 1. The number of fused-ring (bicyclic) bond motifs is 6. The Kier molecular flexibility index (Phi) is 1.39. The Hall–Kier alpha value is -0.770. The van der Waals surface area contributed by atoms with Gasteiger partial charge in [-0.3, -0.25) is 4.90 Å². The van der Waals surface area contributed by atoms with E-state index in [0.717, 1.165) is 25.7 Å². The van der Waals surface area contributed by atoms with Gasteiger partial charge in [0.2, 0.25) is 0 Å². The van der Waals surface area contributed by atoms with Crippen LogP contribution < -0.4 is 5.32 Å². The quantitative estimate of drug-likeness (QED) is 0.577. The predicted molar refractivity (Wildman–Crippen MR) is 46.6 cm³/mol. The van der Waals surface area contributed by atoms with Crippen LogP contribution in [-0.4, -0.2) is 40.3 Å². The molecule has 2 N–H and O–H groups in total. The van der Waals surface area contributed by atoms with Crippen molar-refractivity contribution in [1.29, 1.82) is 0 Å². The maximum atomic E-state index is 11.0. The minimum absolute atomic E-state index is 0.265. The fraction of sp³-hybridized carbons (Fsp3) is 0.889. The fourth-order valence-electron chi connectivity index (χ4n) is 3.35. The molecule has 4 atom stereocenters. The molecule has 0 saturated carbocycles. The first-order valence-electron chi connectivity index (χ1n) is 5.04. The molecule has 3 fully saturated rings. The minimum Gasteiger partial charge on any atom is -0.465 e. The standard InChI is InChI=1S/C9H14N2O2/c12-9(13)11-7-3-4-8(11)6-2-1-5(7)10-6/h5-8,10H,1-4H2,(H,12,13). The van der Waals surface area contributed by atoms with E-state index in [2.05, 4.69) is 5.32 Å². The SMILES string of the molecule is O=C(O)N1C2CCC1C1CCC2N1. The van der Waals surface area contributed by atoms with Gasteiger partial charge in [0.15, 0.2) is 0 Å². The normalized spacial score (nSPS) is 46.9. The highest BCUT2D eigenvalue weighted by Crippen LogP contribution is 2.39. The zero-order valence-electron chi connectivity index (χ0n) is 7.44. The predicted octanol–water partition coefficient (Wildman–Crippen LogP) is 0.632. The van der Waals surface area contributed by atoms with Crippen LogP contribution >= 0.6 is 0 Å². The van der Waals surface area contributed by atoms with E-state index in [-0.39, 0.29) is 12.1 Å². The van der Waals surface area contributed by atoms with E-state index < -0.39 is 6.09 Å². The van der Waals surface area contributed by atoms with Crippen LogP contribution in [0.15, 0.2) is 0 Å². The van der Waals surface area contributed by atoms with Crippen molar-refractivity contribution in [2.75, 3.05) is 0 Å². The summed E-state index contributed by atoms with van der Waals surface area (Å²) in [4.78, 5) is 12.7. The van der Waals surface area contributed by atoms with Gasteiger partial charge in [-0.1, -0.05) is 0 Å². The molecule has 72 valence electrons. The largest absolute Gasteiger partial charge is 0.465 e. The van der Waals surface area contributed by atoms with Gasteiger partial charge in [0.1, 0.15) is 0 Å². The van der Waals surface area contributed by atoms with Gasteiger partial charge in [-0.2, -0.15) is 0 Å². The molecule has 3 aliphatic rings. The van der Waals surface area contributed by atoms with Crippen LogP contribution in [0.5, 0.6) is 0 Å². The van der Waals surface area contributed by atoms with Gasteiger partial charge in [-0.15, -0.1) is 0 Å². The van der Waals surface area contributed by atoms with Crippen LogP contribution in [-0.2, 0) is 0 Å². The van der Waals surface area contributed by atoms with Crippen molar-refractivity contribution >= 4 is 6.09 Å². The molecule has 0 aromatic rings. The molecular weight excluding hydrogens is 168 g/mol. The van der Waals surface area contributed by atoms with E-state index >= 15 is 0 Å². The average molecular weight is 182 g/mol. The summed E-state index contributed by atoms with van der Waals surface area (Å²) in [5.41, 5.74) is 0. The zero-order valence-corrected chi connectivity index (χ0v) is 7.44. The molecule has 4 unspecified atom stereocenters.